The lowest BCUT2D eigenvalue weighted by Gasteiger charge is -2.33. The lowest BCUT2D eigenvalue weighted by Crippen LogP contribution is -2.38. The molecule has 1 N–H and O–H groups in total. The van der Waals surface area contributed by atoms with E-state index in [4.69, 9.17) is 0 Å². The largest absolute Gasteiger partial charge is 0.319 e. The number of nitrogens with zero attached hydrogens (tertiary/aromatic N) is 1. The Hall–Kier alpha value is -0.510. The quantitative estimate of drug-likeness (QED) is 0.861. The molecule has 1 aromatic rings. The molecule has 0 saturated carbocycles. The van der Waals surface area contributed by atoms with Crippen LogP contribution in [0, 0.1) is 5.92 Å². The maximum atomic E-state index is 3.31. The van der Waals surface area contributed by atoms with Crippen LogP contribution in [0.15, 0.2) is 24.3 Å². The first-order valence-corrected chi connectivity index (χ1v) is 8.50. The predicted molar refractivity (Wildman–Crippen MR) is 85.8 cm³/mol. The highest BCUT2D eigenvalue weighted by atomic mass is 32.2. The van der Waals surface area contributed by atoms with Gasteiger partial charge >= 0.3 is 0 Å². The van der Waals surface area contributed by atoms with Crippen LogP contribution in [0.1, 0.15) is 18.1 Å². The van der Waals surface area contributed by atoms with Crippen molar-refractivity contribution in [2.24, 2.45) is 5.92 Å². The molecule has 3 heteroatoms. The minimum atomic E-state index is 0.710. The summed E-state index contributed by atoms with van der Waals surface area (Å²) in [7, 11) is 2.05. The molecule has 19 heavy (non-hydrogen) atoms. The average molecular weight is 278 g/mol. The van der Waals surface area contributed by atoms with Gasteiger partial charge < -0.3 is 5.32 Å². The number of benzene rings is 1. The molecule has 1 aromatic carbocycles. The Morgan fingerprint density at radius 3 is 2.74 bits per heavy atom. The highest BCUT2D eigenvalue weighted by Crippen LogP contribution is 2.22. The molecule has 106 valence electrons. The summed E-state index contributed by atoms with van der Waals surface area (Å²) in [5.74, 6) is 0.729. The van der Waals surface area contributed by atoms with E-state index >= 15 is 0 Å². The lowest BCUT2D eigenvalue weighted by atomic mass is 9.98. The minimum Gasteiger partial charge on any atom is -0.319 e. The van der Waals surface area contributed by atoms with Crippen molar-refractivity contribution in [1.82, 2.24) is 10.2 Å². The van der Waals surface area contributed by atoms with Crippen molar-refractivity contribution in [1.29, 1.82) is 0 Å². The summed E-state index contributed by atoms with van der Waals surface area (Å²) >= 11 is 1.99. The van der Waals surface area contributed by atoms with Gasteiger partial charge in [-0.15, -0.1) is 0 Å². The van der Waals surface area contributed by atoms with E-state index in [1.807, 2.05) is 18.8 Å². The molecule has 0 radical (unpaired) electrons. The van der Waals surface area contributed by atoms with E-state index in [-0.39, 0.29) is 0 Å². The summed E-state index contributed by atoms with van der Waals surface area (Å²) < 4.78 is 0. The van der Waals surface area contributed by atoms with E-state index < -0.39 is 0 Å². The van der Waals surface area contributed by atoms with Crippen molar-refractivity contribution < 1.29 is 0 Å². The number of rotatable bonds is 6. The maximum absolute atomic E-state index is 3.31. The monoisotopic (exact) mass is 278 g/mol. The first-order valence-electron chi connectivity index (χ1n) is 7.21. The second-order valence-electron chi connectivity index (χ2n) is 5.56. The van der Waals surface area contributed by atoms with Crippen LogP contribution in [-0.4, -0.2) is 43.1 Å². The smallest absolute Gasteiger partial charge is 0.0236 e. The molecule has 0 fully saturated rings. The summed E-state index contributed by atoms with van der Waals surface area (Å²) in [5, 5.41) is 4.02. The Balaban J connectivity index is 1.91. The Bertz CT molecular complexity index is 394. The van der Waals surface area contributed by atoms with Crippen LogP contribution in [0.3, 0.4) is 0 Å². The molecule has 0 amide bonds. The molecule has 0 spiro atoms. The molecule has 0 aliphatic carbocycles. The summed E-state index contributed by atoms with van der Waals surface area (Å²) in [6, 6.07) is 8.89. The van der Waals surface area contributed by atoms with Crippen molar-refractivity contribution in [2.75, 3.05) is 32.9 Å². The molecule has 0 saturated heterocycles. The first-order chi connectivity index (χ1) is 9.24. The third-order valence-corrected chi connectivity index (χ3v) is 5.34. The van der Waals surface area contributed by atoms with Crippen LogP contribution in [0.2, 0.25) is 0 Å². The van der Waals surface area contributed by atoms with E-state index in [0.717, 1.165) is 19.0 Å². The number of hydrogen-bond acceptors (Lipinski definition) is 3. The van der Waals surface area contributed by atoms with Gasteiger partial charge in [-0.2, -0.15) is 11.8 Å². The van der Waals surface area contributed by atoms with Crippen molar-refractivity contribution in [3.8, 4) is 0 Å². The highest BCUT2D eigenvalue weighted by molar-refractivity contribution is 7.99. The van der Waals surface area contributed by atoms with Gasteiger partial charge in [-0.3, -0.25) is 4.90 Å². The van der Waals surface area contributed by atoms with E-state index in [1.54, 1.807) is 5.56 Å². The van der Waals surface area contributed by atoms with Crippen molar-refractivity contribution >= 4 is 11.8 Å². The normalized spacial score (nSPS) is 18.9. The van der Waals surface area contributed by atoms with Gasteiger partial charge in [0, 0.05) is 31.4 Å². The van der Waals surface area contributed by atoms with Gasteiger partial charge in [-0.05, 0) is 36.8 Å². The van der Waals surface area contributed by atoms with Gasteiger partial charge in [0.05, 0.1) is 0 Å². The second kappa shape index (κ2) is 7.32. The predicted octanol–water partition coefficient (Wildman–Crippen LogP) is 2.63. The number of nitrogens with one attached hydrogen (secondary N) is 1. The maximum Gasteiger partial charge on any atom is 0.0236 e. The van der Waals surface area contributed by atoms with Crippen LogP contribution in [-0.2, 0) is 13.0 Å². The van der Waals surface area contributed by atoms with Crippen LogP contribution >= 0.6 is 11.8 Å². The van der Waals surface area contributed by atoms with Gasteiger partial charge in [0.15, 0.2) is 0 Å². The van der Waals surface area contributed by atoms with E-state index in [1.165, 1.54) is 25.1 Å². The molecular formula is C16H26N2S. The fourth-order valence-corrected chi connectivity index (χ4v) is 3.84. The third-order valence-electron chi connectivity index (χ3n) is 4.10. The van der Waals surface area contributed by atoms with Crippen molar-refractivity contribution in [3.63, 3.8) is 0 Å². The van der Waals surface area contributed by atoms with Crippen LogP contribution < -0.4 is 5.32 Å². The third kappa shape index (κ3) is 3.98. The molecular weight excluding hydrogens is 252 g/mol. The molecule has 0 bridgehead atoms. The molecule has 2 atom stereocenters. The highest BCUT2D eigenvalue weighted by Gasteiger charge is 2.21. The fraction of sp³-hybridized carbons (Fsp3) is 0.625. The molecule has 2 nitrogen and oxygen atoms in total. The van der Waals surface area contributed by atoms with Gasteiger partial charge in [0.1, 0.15) is 0 Å². The molecule has 0 aromatic heterocycles. The van der Waals surface area contributed by atoms with Crippen LogP contribution in [0.25, 0.3) is 0 Å². The first kappa shape index (κ1) is 14.9. The summed E-state index contributed by atoms with van der Waals surface area (Å²) in [5.41, 5.74) is 3.07. The Morgan fingerprint density at radius 2 is 2.05 bits per heavy atom. The van der Waals surface area contributed by atoms with E-state index in [2.05, 4.69) is 47.7 Å². The molecule has 1 aliphatic heterocycles. The topological polar surface area (TPSA) is 15.3 Å². The summed E-state index contributed by atoms with van der Waals surface area (Å²) in [6.07, 6.45) is 3.43. The van der Waals surface area contributed by atoms with Crippen molar-refractivity contribution in [2.45, 2.75) is 25.1 Å². The fourth-order valence-electron chi connectivity index (χ4n) is 2.95. The number of thioether (sulfide) groups is 1. The van der Waals surface area contributed by atoms with Crippen molar-refractivity contribution in [3.05, 3.63) is 35.4 Å². The zero-order valence-electron chi connectivity index (χ0n) is 12.4. The SMILES string of the molecule is CNCC(SC)C(C)CN1CCc2ccccc2C1. The standard InChI is InChI=1S/C16H26N2S/c1-13(16(19-3)10-17-2)11-18-9-8-14-6-4-5-7-15(14)12-18/h4-7,13,16-17H,8-12H2,1-3H3. The molecule has 2 rings (SSSR count). The Kier molecular flexibility index (Phi) is 5.74. The Labute approximate surface area is 122 Å². The molecule has 2 unspecified atom stereocenters. The summed E-state index contributed by atoms with van der Waals surface area (Å²) in [6.45, 7) is 7.04. The van der Waals surface area contributed by atoms with Crippen LogP contribution in [0.4, 0.5) is 0 Å². The van der Waals surface area contributed by atoms with E-state index in [9.17, 15) is 0 Å². The van der Waals surface area contributed by atoms with Crippen LogP contribution in [0.5, 0.6) is 0 Å². The van der Waals surface area contributed by atoms with Gasteiger partial charge in [-0.25, -0.2) is 0 Å². The van der Waals surface area contributed by atoms with Gasteiger partial charge in [0.2, 0.25) is 0 Å². The second-order valence-corrected chi connectivity index (χ2v) is 6.64. The minimum absolute atomic E-state index is 0.710. The summed E-state index contributed by atoms with van der Waals surface area (Å²) in [4.78, 5) is 2.62. The molecule has 1 aliphatic rings. The molecule has 1 heterocycles. The van der Waals surface area contributed by atoms with E-state index in [0.29, 0.717) is 5.25 Å². The average Bonchev–Trinajstić information content (AvgIpc) is 2.44. The lowest BCUT2D eigenvalue weighted by molar-refractivity contribution is 0.217. The number of hydrogen-bond donors (Lipinski definition) is 1. The van der Waals surface area contributed by atoms with Gasteiger partial charge in [0.25, 0.3) is 0 Å². The number of fused-ring (bicyclic) bond motifs is 1. The zero-order chi connectivity index (χ0) is 13.7. The Morgan fingerprint density at radius 1 is 1.32 bits per heavy atom. The zero-order valence-corrected chi connectivity index (χ0v) is 13.2. The van der Waals surface area contributed by atoms with Gasteiger partial charge in [-0.1, -0.05) is 31.2 Å².